The van der Waals surface area contributed by atoms with Crippen LogP contribution in [0.3, 0.4) is 0 Å². The van der Waals surface area contributed by atoms with E-state index in [0.717, 1.165) is 16.9 Å². The molecule has 0 saturated heterocycles. The molecule has 34 heavy (non-hydrogen) atoms. The van der Waals surface area contributed by atoms with Crippen LogP contribution in [0.4, 0.5) is 11.4 Å². The van der Waals surface area contributed by atoms with Gasteiger partial charge in [0.2, 0.25) is 0 Å². The van der Waals surface area contributed by atoms with Gasteiger partial charge in [-0.15, -0.1) is 0 Å². The first-order valence-corrected chi connectivity index (χ1v) is 11.3. The van der Waals surface area contributed by atoms with Crippen LogP contribution in [0.5, 0.6) is 11.5 Å². The summed E-state index contributed by atoms with van der Waals surface area (Å²) < 4.78 is 11.8. The molecule has 1 aliphatic rings. The molecule has 0 spiro atoms. The van der Waals surface area contributed by atoms with Crippen LogP contribution in [0.15, 0.2) is 72.8 Å². The number of hydrogen-bond donors (Lipinski definition) is 1. The normalized spacial score (nSPS) is 15.7. The van der Waals surface area contributed by atoms with Gasteiger partial charge in [-0.1, -0.05) is 36.4 Å². The SMILES string of the molecule is CCOc1cc(C2Nc3ccccc3C(=O)N2c2ccccc2)ccc1OC(C)C(=O)N(C)C. The van der Waals surface area contributed by atoms with Gasteiger partial charge in [0.1, 0.15) is 6.17 Å². The molecule has 0 aliphatic carbocycles. The average Bonchev–Trinajstić information content (AvgIpc) is 2.85. The summed E-state index contributed by atoms with van der Waals surface area (Å²) >= 11 is 0. The third-order valence-electron chi connectivity index (χ3n) is 5.64. The number of carbonyl (C=O) groups is 2. The molecule has 7 nitrogen and oxygen atoms in total. The van der Waals surface area contributed by atoms with E-state index >= 15 is 0 Å². The highest BCUT2D eigenvalue weighted by atomic mass is 16.5. The van der Waals surface area contributed by atoms with Crippen molar-refractivity contribution < 1.29 is 19.1 Å². The Labute approximate surface area is 199 Å². The number of benzene rings is 3. The van der Waals surface area contributed by atoms with Gasteiger partial charge >= 0.3 is 0 Å². The van der Waals surface area contributed by atoms with E-state index < -0.39 is 12.3 Å². The Morgan fingerprint density at radius 1 is 1.03 bits per heavy atom. The van der Waals surface area contributed by atoms with E-state index in [0.29, 0.717) is 23.7 Å². The highest BCUT2D eigenvalue weighted by molar-refractivity contribution is 6.12. The Morgan fingerprint density at radius 2 is 1.74 bits per heavy atom. The van der Waals surface area contributed by atoms with Gasteiger partial charge in [0.05, 0.1) is 12.2 Å². The molecule has 176 valence electrons. The fourth-order valence-corrected chi connectivity index (χ4v) is 4.01. The lowest BCUT2D eigenvalue weighted by Gasteiger charge is -2.38. The predicted molar refractivity (Wildman–Crippen MR) is 132 cm³/mol. The molecule has 2 amide bonds. The highest BCUT2D eigenvalue weighted by Crippen LogP contribution is 2.39. The largest absolute Gasteiger partial charge is 0.490 e. The van der Waals surface area contributed by atoms with Crippen LogP contribution >= 0.6 is 0 Å². The Bertz CT molecular complexity index is 1180. The van der Waals surface area contributed by atoms with E-state index in [1.54, 1.807) is 32.0 Å². The molecule has 0 bridgehead atoms. The molecule has 0 saturated carbocycles. The molecule has 1 N–H and O–H groups in total. The van der Waals surface area contributed by atoms with Gasteiger partial charge in [-0.25, -0.2) is 0 Å². The highest BCUT2D eigenvalue weighted by Gasteiger charge is 2.34. The van der Waals surface area contributed by atoms with Gasteiger partial charge in [-0.05, 0) is 55.8 Å². The number of fused-ring (bicyclic) bond motifs is 1. The Morgan fingerprint density at radius 3 is 2.44 bits per heavy atom. The molecule has 0 aromatic heterocycles. The number of nitrogens with zero attached hydrogens (tertiary/aromatic N) is 2. The topological polar surface area (TPSA) is 71.1 Å². The van der Waals surface area contributed by atoms with E-state index in [2.05, 4.69) is 5.32 Å². The summed E-state index contributed by atoms with van der Waals surface area (Å²) in [6.07, 6.45) is -1.12. The van der Waals surface area contributed by atoms with Gasteiger partial charge in [-0.3, -0.25) is 14.5 Å². The first kappa shape index (κ1) is 23.2. The van der Waals surface area contributed by atoms with Gasteiger partial charge in [0.15, 0.2) is 17.6 Å². The molecule has 1 heterocycles. The Kier molecular flexibility index (Phi) is 6.72. The first-order chi connectivity index (χ1) is 16.4. The van der Waals surface area contributed by atoms with Crippen molar-refractivity contribution in [3.8, 4) is 11.5 Å². The summed E-state index contributed by atoms with van der Waals surface area (Å²) in [5, 5.41) is 3.50. The smallest absolute Gasteiger partial charge is 0.262 e. The van der Waals surface area contributed by atoms with Crippen LogP contribution in [-0.2, 0) is 4.79 Å². The second kappa shape index (κ2) is 9.87. The van der Waals surface area contributed by atoms with Gasteiger partial charge in [0, 0.05) is 25.5 Å². The molecule has 3 aromatic carbocycles. The number of ether oxygens (including phenoxy) is 2. The quantitative estimate of drug-likeness (QED) is 0.554. The fraction of sp³-hybridized carbons (Fsp3) is 0.259. The number of carbonyl (C=O) groups excluding carboxylic acids is 2. The molecular formula is C27H29N3O4. The summed E-state index contributed by atoms with van der Waals surface area (Å²) in [6, 6.07) is 22.6. The number of para-hydroxylation sites is 2. The monoisotopic (exact) mass is 459 g/mol. The van der Waals surface area contributed by atoms with Crippen molar-refractivity contribution in [2.24, 2.45) is 0 Å². The Hall–Kier alpha value is -4.00. The van der Waals surface area contributed by atoms with E-state index in [9.17, 15) is 9.59 Å². The summed E-state index contributed by atoms with van der Waals surface area (Å²) in [4.78, 5) is 29.1. The third kappa shape index (κ3) is 4.55. The van der Waals surface area contributed by atoms with Gasteiger partial charge in [0.25, 0.3) is 11.8 Å². The van der Waals surface area contributed by atoms with E-state index in [-0.39, 0.29) is 11.8 Å². The Balaban J connectivity index is 1.74. The number of hydrogen-bond acceptors (Lipinski definition) is 5. The van der Waals surface area contributed by atoms with Crippen molar-refractivity contribution in [1.29, 1.82) is 0 Å². The molecular weight excluding hydrogens is 430 g/mol. The molecule has 0 radical (unpaired) electrons. The van der Waals surface area contributed by atoms with Crippen molar-refractivity contribution in [2.75, 3.05) is 30.9 Å². The lowest BCUT2D eigenvalue weighted by Crippen LogP contribution is -2.43. The minimum atomic E-state index is -0.665. The first-order valence-electron chi connectivity index (χ1n) is 11.3. The van der Waals surface area contributed by atoms with Crippen LogP contribution < -0.4 is 19.7 Å². The molecule has 2 unspecified atom stereocenters. The number of anilines is 2. The van der Waals surface area contributed by atoms with Crippen LogP contribution in [0.2, 0.25) is 0 Å². The molecule has 0 fully saturated rings. The van der Waals surface area contributed by atoms with Crippen molar-refractivity contribution in [3.63, 3.8) is 0 Å². The number of amides is 2. The number of likely N-dealkylation sites (N-methyl/N-ethyl adjacent to an activating group) is 1. The average molecular weight is 460 g/mol. The zero-order valence-electron chi connectivity index (χ0n) is 19.8. The van der Waals surface area contributed by atoms with Gasteiger partial charge in [-0.2, -0.15) is 0 Å². The van der Waals surface area contributed by atoms with Gasteiger partial charge < -0.3 is 19.7 Å². The number of rotatable bonds is 7. The maximum absolute atomic E-state index is 13.6. The molecule has 7 heteroatoms. The predicted octanol–water partition coefficient (Wildman–Crippen LogP) is 4.71. The summed E-state index contributed by atoms with van der Waals surface area (Å²) in [6.45, 7) is 4.03. The van der Waals surface area contributed by atoms with E-state index in [4.69, 9.17) is 9.47 Å². The lowest BCUT2D eigenvalue weighted by atomic mass is 10.0. The van der Waals surface area contributed by atoms with Crippen LogP contribution in [0, 0.1) is 0 Å². The third-order valence-corrected chi connectivity index (χ3v) is 5.64. The van der Waals surface area contributed by atoms with Crippen LogP contribution in [-0.4, -0.2) is 43.5 Å². The van der Waals surface area contributed by atoms with Crippen molar-refractivity contribution >= 4 is 23.2 Å². The van der Waals surface area contributed by atoms with Crippen molar-refractivity contribution in [3.05, 3.63) is 83.9 Å². The molecule has 4 rings (SSSR count). The maximum atomic E-state index is 13.6. The second-order valence-corrected chi connectivity index (χ2v) is 8.24. The molecule has 2 atom stereocenters. The maximum Gasteiger partial charge on any atom is 0.262 e. The lowest BCUT2D eigenvalue weighted by molar-refractivity contribution is -0.135. The zero-order chi connectivity index (χ0) is 24.2. The molecule has 3 aromatic rings. The standard InChI is InChI=1S/C27H29N3O4/c1-5-33-24-17-19(15-16-23(24)34-18(2)26(31)29(3)4)25-28-22-14-10-9-13-21(22)27(32)30(25)20-11-7-6-8-12-20/h6-18,25,28H,5H2,1-4H3. The fourth-order valence-electron chi connectivity index (χ4n) is 4.01. The summed E-state index contributed by atoms with van der Waals surface area (Å²) in [7, 11) is 3.38. The van der Waals surface area contributed by atoms with E-state index in [1.165, 1.54) is 4.90 Å². The summed E-state index contributed by atoms with van der Waals surface area (Å²) in [5.74, 6) is 0.758. The van der Waals surface area contributed by atoms with Crippen LogP contribution in [0.1, 0.15) is 35.9 Å². The van der Waals surface area contributed by atoms with E-state index in [1.807, 2.05) is 73.7 Å². The second-order valence-electron chi connectivity index (χ2n) is 8.24. The number of nitrogens with one attached hydrogen (secondary N) is 1. The van der Waals surface area contributed by atoms with Crippen molar-refractivity contribution in [1.82, 2.24) is 4.90 Å². The summed E-state index contributed by atoms with van der Waals surface area (Å²) in [5.41, 5.74) is 2.99. The van der Waals surface area contributed by atoms with Crippen molar-refractivity contribution in [2.45, 2.75) is 26.1 Å². The zero-order valence-corrected chi connectivity index (χ0v) is 19.8. The minimum Gasteiger partial charge on any atom is -0.490 e. The molecule has 1 aliphatic heterocycles. The van der Waals surface area contributed by atoms with Crippen LogP contribution in [0.25, 0.3) is 0 Å². The minimum absolute atomic E-state index is 0.0889.